The van der Waals surface area contributed by atoms with Crippen LogP contribution in [0.1, 0.15) is 129 Å². The molecule has 0 saturated heterocycles. The van der Waals surface area contributed by atoms with Gasteiger partial charge in [0, 0.05) is 13.0 Å². The fourth-order valence-electron chi connectivity index (χ4n) is 5.05. The molecule has 0 aromatic heterocycles. The topological polar surface area (TPSA) is 155 Å². The number of nitrogens with two attached hydrogens (primary N) is 1. The van der Waals surface area contributed by atoms with E-state index in [1.165, 1.54) is 0 Å². The zero-order chi connectivity index (χ0) is 44.8. The average molecular weight is 868 g/mol. The average Bonchev–Trinajstić information content (AvgIpc) is 3.24. The van der Waals surface area contributed by atoms with E-state index in [0.717, 1.165) is 96.3 Å². The lowest BCUT2D eigenvalue weighted by Gasteiger charge is -2.20. The second-order valence-electron chi connectivity index (χ2n) is 14.1. The number of phosphoric acid groups is 1. The van der Waals surface area contributed by atoms with Gasteiger partial charge >= 0.3 is 19.8 Å². The Morgan fingerprint density at radius 1 is 0.525 bits per heavy atom. The standard InChI is InChI=1S/C50H78NO9P/c1-3-5-7-9-11-13-15-17-19-21-22-23-24-25-26-27-28-30-32-34-36-38-40-42-49(52)60-47(45-58-61(55,56)59-46-48(51)50(53)54)44-57-43-41-39-37-35-33-31-29-20-18-16-14-12-10-8-6-4-2/h5-8,11-14,17-20,22-23,25-26,28,30-31,33-34,36,47-48H,3-4,9-10,15-16,21,24,27,29,32,35,37-46,51H2,1-2H3,(H,53,54)(H,55,56)/b7-5-,8-6-,13-11-,14-12-,19-17-,20-18-,23-22-,26-25-,30-28-,33-31-,36-34-. The van der Waals surface area contributed by atoms with Crippen molar-refractivity contribution < 1.29 is 42.7 Å². The van der Waals surface area contributed by atoms with Gasteiger partial charge in [0.25, 0.3) is 0 Å². The molecule has 0 aliphatic carbocycles. The summed E-state index contributed by atoms with van der Waals surface area (Å²) < 4.78 is 33.3. The summed E-state index contributed by atoms with van der Waals surface area (Å²) in [5.41, 5.74) is 5.35. The summed E-state index contributed by atoms with van der Waals surface area (Å²) in [6.07, 6.45) is 62.3. The Balaban J connectivity index is 4.44. The van der Waals surface area contributed by atoms with Crippen molar-refractivity contribution in [2.75, 3.05) is 26.4 Å². The van der Waals surface area contributed by atoms with Crippen molar-refractivity contribution >= 4 is 19.8 Å². The van der Waals surface area contributed by atoms with Gasteiger partial charge in [-0.15, -0.1) is 0 Å². The number of hydrogen-bond donors (Lipinski definition) is 3. The number of carbonyl (C=O) groups excluding carboxylic acids is 1. The van der Waals surface area contributed by atoms with E-state index in [4.69, 9.17) is 29.4 Å². The van der Waals surface area contributed by atoms with Gasteiger partial charge in [-0.1, -0.05) is 154 Å². The van der Waals surface area contributed by atoms with Crippen molar-refractivity contribution in [2.24, 2.45) is 5.73 Å². The smallest absolute Gasteiger partial charge is 0.472 e. The number of hydrogen-bond acceptors (Lipinski definition) is 8. The minimum atomic E-state index is -4.65. The molecule has 4 N–H and O–H groups in total. The molecule has 0 aromatic carbocycles. The van der Waals surface area contributed by atoms with Crippen LogP contribution < -0.4 is 5.73 Å². The zero-order valence-corrected chi connectivity index (χ0v) is 38.1. The van der Waals surface area contributed by atoms with Gasteiger partial charge in [-0.05, 0) is 103 Å². The van der Waals surface area contributed by atoms with E-state index < -0.39 is 45.1 Å². The quantitative estimate of drug-likeness (QED) is 0.0235. The molecule has 0 aromatic rings. The third kappa shape index (κ3) is 44.0. The number of phosphoric ester groups is 1. The number of carboxylic acids is 1. The van der Waals surface area contributed by atoms with E-state index >= 15 is 0 Å². The van der Waals surface area contributed by atoms with Crippen molar-refractivity contribution in [3.05, 3.63) is 134 Å². The maximum Gasteiger partial charge on any atom is 0.472 e. The van der Waals surface area contributed by atoms with Crippen molar-refractivity contribution in [3.63, 3.8) is 0 Å². The number of unbranched alkanes of at least 4 members (excludes halogenated alkanes) is 4. The minimum absolute atomic E-state index is 0.0386. The van der Waals surface area contributed by atoms with Crippen molar-refractivity contribution in [1.82, 2.24) is 0 Å². The molecule has 3 unspecified atom stereocenters. The Kier molecular flexibility index (Phi) is 41.4. The Labute approximate surface area is 368 Å². The molecule has 0 aliphatic rings. The van der Waals surface area contributed by atoms with Gasteiger partial charge < -0.3 is 25.2 Å². The van der Waals surface area contributed by atoms with Gasteiger partial charge in [0.2, 0.25) is 0 Å². The normalized spacial score (nSPS) is 15.1. The summed E-state index contributed by atoms with van der Waals surface area (Å²) in [5, 5.41) is 8.90. The summed E-state index contributed by atoms with van der Waals surface area (Å²) in [4.78, 5) is 33.6. The van der Waals surface area contributed by atoms with Gasteiger partial charge in [-0.2, -0.15) is 0 Å². The number of rotatable bonds is 40. The SMILES string of the molecule is CC/C=C\C/C=C\C/C=C\C/C=C\C/C=C\C/C=C\C/C=C\CCCC(=O)OC(COCCCCC/C=C\C/C=C\C/C=C\C/C=C\CC)COP(=O)(O)OCC(N)C(=O)O. The van der Waals surface area contributed by atoms with Crippen LogP contribution in [0.5, 0.6) is 0 Å². The Bertz CT molecular complexity index is 1470. The van der Waals surface area contributed by atoms with Crippen molar-refractivity contribution in [1.29, 1.82) is 0 Å². The van der Waals surface area contributed by atoms with Crippen LogP contribution in [0, 0.1) is 0 Å². The van der Waals surface area contributed by atoms with Crippen LogP contribution in [0.15, 0.2) is 134 Å². The first-order chi connectivity index (χ1) is 29.7. The molecule has 0 fully saturated rings. The maximum absolute atomic E-state index is 12.6. The maximum atomic E-state index is 12.6. The summed E-state index contributed by atoms with van der Waals surface area (Å²) in [5.74, 6) is -1.87. The highest BCUT2D eigenvalue weighted by Crippen LogP contribution is 2.43. The summed E-state index contributed by atoms with van der Waals surface area (Å²) in [7, 11) is -4.65. The van der Waals surface area contributed by atoms with Gasteiger partial charge in [0.15, 0.2) is 0 Å². The van der Waals surface area contributed by atoms with E-state index in [-0.39, 0.29) is 13.0 Å². The van der Waals surface area contributed by atoms with Crippen LogP contribution in [0.3, 0.4) is 0 Å². The lowest BCUT2D eigenvalue weighted by Crippen LogP contribution is -2.34. The van der Waals surface area contributed by atoms with Crippen LogP contribution in [0.25, 0.3) is 0 Å². The van der Waals surface area contributed by atoms with Gasteiger partial charge in [0.1, 0.15) is 12.1 Å². The molecule has 0 aliphatic heterocycles. The molecule has 0 bridgehead atoms. The molecule has 342 valence electrons. The van der Waals surface area contributed by atoms with E-state index in [1.54, 1.807) is 0 Å². The Morgan fingerprint density at radius 3 is 1.31 bits per heavy atom. The highest BCUT2D eigenvalue weighted by Gasteiger charge is 2.27. The molecular weight excluding hydrogens is 790 g/mol. The summed E-state index contributed by atoms with van der Waals surface area (Å²) in [6.45, 7) is 3.46. The molecule has 0 rings (SSSR count). The third-order valence-corrected chi connectivity index (χ3v) is 9.38. The molecule has 0 amide bonds. The molecule has 3 atom stereocenters. The van der Waals surface area contributed by atoms with Gasteiger partial charge in [0.05, 0.1) is 19.8 Å². The van der Waals surface area contributed by atoms with E-state index in [1.807, 2.05) is 6.08 Å². The molecule has 0 heterocycles. The predicted octanol–water partition coefficient (Wildman–Crippen LogP) is 12.6. The van der Waals surface area contributed by atoms with E-state index in [0.29, 0.717) is 19.4 Å². The third-order valence-electron chi connectivity index (χ3n) is 8.43. The molecule has 11 heteroatoms. The monoisotopic (exact) mass is 868 g/mol. The first kappa shape index (κ1) is 57.1. The van der Waals surface area contributed by atoms with E-state index in [9.17, 15) is 19.0 Å². The number of ether oxygens (including phenoxy) is 2. The van der Waals surface area contributed by atoms with Crippen LogP contribution in [0.2, 0.25) is 0 Å². The van der Waals surface area contributed by atoms with Gasteiger partial charge in [-0.3, -0.25) is 18.6 Å². The Hall–Kier alpha value is -3.89. The Morgan fingerprint density at radius 2 is 0.902 bits per heavy atom. The van der Waals surface area contributed by atoms with Crippen LogP contribution in [0.4, 0.5) is 0 Å². The summed E-state index contributed by atoms with van der Waals surface area (Å²) in [6, 6.07) is -1.50. The van der Waals surface area contributed by atoms with Crippen molar-refractivity contribution in [3.8, 4) is 0 Å². The number of esters is 1. The zero-order valence-electron chi connectivity index (χ0n) is 37.2. The number of allylic oxidation sites excluding steroid dienone is 22. The fraction of sp³-hybridized carbons (Fsp3) is 0.520. The molecule has 10 nitrogen and oxygen atoms in total. The summed E-state index contributed by atoms with van der Waals surface area (Å²) >= 11 is 0. The molecular formula is C50H78NO9P. The fourth-order valence-corrected chi connectivity index (χ4v) is 5.83. The number of carboxylic acid groups (broad SMARTS) is 1. The first-order valence-corrected chi connectivity index (χ1v) is 23.7. The lowest BCUT2D eigenvalue weighted by molar-refractivity contribution is -0.154. The lowest BCUT2D eigenvalue weighted by atomic mass is 10.2. The number of aliphatic carboxylic acids is 1. The highest BCUT2D eigenvalue weighted by atomic mass is 31.2. The molecule has 0 saturated carbocycles. The molecule has 0 spiro atoms. The van der Waals surface area contributed by atoms with Crippen LogP contribution >= 0.6 is 7.82 Å². The second-order valence-corrected chi connectivity index (χ2v) is 15.5. The minimum Gasteiger partial charge on any atom is -0.480 e. The largest absolute Gasteiger partial charge is 0.480 e. The first-order valence-electron chi connectivity index (χ1n) is 22.2. The molecule has 61 heavy (non-hydrogen) atoms. The molecule has 0 radical (unpaired) electrons. The highest BCUT2D eigenvalue weighted by molar-refractivity contribution is 7.47. The second kappa shape index (κ2) is 44.2. The van der Waals surface area contributed by atoms with Gasteiger partial charge in [-0.25, -0.2) is 4.57 Å². The number of carbonyl (C=O) groups is 2. The van der Waals surface area contributed by atoms with Crippen LogP contribution in [-0.2, 0) is 32.7 Å². The van der Waals surface area contributed by atoms with Crippen LogP contribution in [-0.4, -0.2) is 60.5 Å². The van der Waals surface area contributed by atoms with E-state index in [2.05, 4.69) is 141 Å². The predicted molar refractivity (Wildman–Crippen MR) is 253 cm³/mol. The van der Waals surface area contributed by atoms with Crippen molar-refractivity contribution in [2.45, 2.75) is 142 Å².